The summed E-state index contributed by atoms with van der Waals surface area (Å²) in [6.45, 7) is 3.70. The number of hydrogen-bond acceptors (Lipinski definition) is 3. The molecule has 0 aliphatic carbocycles. The highest BCUT2D eigenvalue weighted by Gasteiger charge is 2.15. The molecule has 1 N–H and O–H groups in total. The summed E-state index contributed by atoms with van der Waals surface area (Å²) in [5, 5.41) is 14.1. The second kappa shape index (κ2) is 4.59. The highest BCUT2D eigenvalue weighted by atomic mass is 16.5. The van der Waals surface area contributed by atoms with Gasteiger partial charge in [0.2, 0.25) is 0 Å². The minimum atomic E-state index is -0.606. The van der Waals surface area contributed by atoms with Crippen molar-refractivity contribution in [3.63, 3.8) is 0 Å². The van der Waals surface area contributed by atoms with Gasteiger partial charge >= 0.3 is 0 Å². The van der Waals surface area contributed by atoms with Gasteiger partial charge in [0.1, 0.15) is 5.75 Å². The van der Waals surface area contributed by atoms with Crippen LogP contribution in [0, 0.1) is 6.92 Å². The van der Waals surface area contributed by atoms with E-state index in [1.54, 1.807) is 24.9 Å². The first-order chi connectivity index (χ1) is 8.13. The van der Waals surface area contributed by atoms with Crippen LogP contribution in [0.25, 0.3) is 5.69 Å². The van der Waals surface area contributed by atoms with E-state index in [0.717, 1.165) is 16.8 Å². The Kier molecular flexibility index (Phi) is 3.15. The van der Waals surface area contributed by atoms with Crippen LogP contribution in [0.3, 0.4) is 0 Å². The molecule has 2 aromatic rings. The van der Waals surface area contributed by atoms with Crippen molar-refractivity contribution < 1.29 is 9.84 Å². The number of hydrogen-bond donors (Lipinski definition) is 1. The minimum absolute atomic E-state index is 0.606. The summed E-state index contributed by atoms with van der Waals surface area (Å²) in [6.07, 6.45) is 3.09. The highest BCUT2D eigenvalue weighted by Crippen LogP contribution is 2.30. The third-order valence-electron chi connectivity index (χ3n) is 2.64. The maximum atomic E-state index is 9.86. The van der Waals surface area contributed by atoms with E-state index in [9.17, 15) is 5.11 Å². The first kappa shape index (κ1) is 11.7. The Bertz CT molecular complexity index is 518. The Labute approximate surface area is 100 Å². The van der Waals surface area contributed by atoms with Crippen LogP contribution in [-0.4, -0.2) is 22.0 Å². The predicted molar refractivity (Wildman–Crippen MR) is 65.5 cm³/mol. The van der Waals surface area contributed by atoms with Gasteiger partial charge in [0.15, 0.2) is 0 Å². The monoisotopic (exact) mass is 232 g/mol. The van der Waals surface area contributed by atoms with Crippen molar-refractivity contribution in [2.45, 2.75) is 20.0 Å². The summed E-state index contributed by atoms with van der Waals surface area (Å²) in [5.74, 6) is 0.672. The molecule has 1 aromatic heterocycles. The molecule has 0 saturated carbocycles. The lowest BCUT2D eigenvalue weighted by molar-refractivity contribution is 0.194. The molecule has 0 unspecified atom stereocenters. The van der Waals surface area contributed by atoms with Crippen LogP contribution in [0.1, 0.15) is 24.2 Å². The van der Waals surface area contributed by atoms with Crippen LogP contribution < -0.4 is 4.74 Å². The number of nitrogens with zero attached hydrogens (tertiary/aromatic N) is 2. The van der Waals surface area contributed by atoms with Crippen LogP contribution in [0.15, 0.2) is 30.6 Å². The van der Waals surface area contributed by atoms with E-state index < -0.39 is 6.10 Å². The molecule has 2 rings (SSSR count). The number of aryl methyl sites for hydroxylation is 1. The van der Waals surface area contributed by atoms with Gasteiger partial charge in [-0.25, -0.2) is 4.68 Å². The molecule has 1 atom stereocenters. The number of rotatable bonds is 3. The van der Waals surface area contributed by atoms with Crippen molar-refractivity contribution in [1.82, 2.24) is 9.78 Å². The SMILES string of the molecule is COc1cccc(-n2cc(C)cn2)c1[C@H](C)O. The first-order valence-electron chi connectivity index (χ1n) is 5.50. The fourth-order valence-electron chi connectivity index (χ4n) is 1.87. The van der Waals surface area contributed by atoms with Gasteiger partial charge in [0.25, 0.3) is 0 Å². The highest BCUT2D eigenvalue weighted by molar-refractivity contribution is 5.50. The first-order valence-corrected chi connectivity index (χ1v) is 5.50. The average molecular weight is 232 g/mol. The normalized spacial score (nSPS) is 12.5. The lowest BCUT2D eigenvalue weighted by Gasteiger charge is -2.15. The van der Waals surface area contributed by atoms with E-state index in [1.165, 1.54) is 0 Å². The minimum Gasteiger partial charge on any atom is -0.496 e. The van der Waals surface area contributed by atoms with E-state index in [-0.39, 0.29) is 0 Å². The van der Waals surface area contributed by atoms with Gasteiger partial charge < -0.3 is 9.84 Å². The Morgan fingerprint density at radius 1 is 1.41 bits per heavy atom. The largest absolute Gasteiger partial charge is 0.496 e. The Morgan fingerprint density at radius 2 is 2.18 bits per heavy atom. The number of aliphatic hydroxyl groups is 1. The van der Waals surface area contributed by atoms with Crippen molar-refractivity contribution in [2.75, 3.05) is 7.11 Å². The zero-order chi connectivity index (χ0) is 12.4. The van der Waals surface area contributed by atoms with E-state index in [1.807, 2.05) is 31.3 Å². The third kappa shape index (κ3) is 2.17. The van der Waals surface area contributed by atoms with Crippen molar-refractivity contribution in [1.29, 1.82) is 0 Å². The zero-order valence-electron chi connectivity index (χ0n) is 10.2. The lowest BCUT2D eigenvalue weighted by Crippen LogP contribution is -2.05. The fourth-order valence-corrected chi connectivity index (χ4v) is 1.87. The van der Waals surface area contributed by atoms with Crippen LogP contribution in [0.4, 0.5) is 0 Å². The molecule has 4 nitrogen and oxygen atoms in total. The lowest BCUT2D eigenvalue weighted by atomic mass is 10.1. The Hall–Kier alpha value is -1.81. The molecule has 4 heteroatoms. The van der Waals surface area contributed by atoms with Gasteiger partial charge in [-0.2, -0.15) is 5.10 Å². The van der Waals surface area contributed by atoms with Gasteiger partial charge in [-0.3, -0.25) is 0 Å². The molecule has 1 aromatic carbocycles. The van der Waals surface area contributed by atoms with Crippen molar-refractivity contribution >= 4 is 0 Å². The summed E-state index contributed by atoms with van der Waals surface area (Å²) >= 11 is 0. The standard InChI is InChI=1S/C13H16N2O2/c1-9-7-14-15(8-9)11-5-4-6-12(17-3)13(11)10(2)16/h4-8,10,16H,1-3H3/t10-/m0/s1. The zero-order valence-corrected chi connectivity index (χ0v) is 10.2. The smallest absolute Gasteiger partial charge is 0.126 e. The summed E-state index contributed by atoms with van der Waals surface area (Å²) in [7, 11) is 1.60. The van der Waals surface area contributed by atoms with E-state index in [0.29, 0.717) is 5.75 Å². The molecular weight excluding hydrogens is 216 g/mol. The van der Waals surface area contributed by atoms with Gasteiger partial charge in [0.05, 0.1) is 25.1 Å². The van der Waals surface area contributed by atoms with Crippen LogP contribution in [0.2, 0.25) is 0 Å². The topological polar surface area (TPSA) is 47.3 Å². The molecule has 0 aliphatic heterocycles. The molecule has 0 aliphatic rings. The van der Waals surface area contributed by atoms with Gasteiger partial charge in [-0.05, 0) is 31.5 Å². The van der Waals surface area contributed by atoms with E-state index in [4.69, 9.17) is 4.74 Å². The predicted octanol–water partition coefficient (Wildman–Crippen LogP) is 2.24. The fraction of sp³-hybridized carbons (Fsp3) is 0.308. The van der Waals surface area contributed by atoms with Crippen LogP contribution in [0.5, 0.6) is 5.75 Å². The molecule has 0 radical (unpaired) electrons. The summed E-state index contributed by atoms with van der Waals surface area (Å²) in [4.78, 5) is 0. The van der Waals surface area contributed by atoms with Crippen LogP contribution >= 0.6 is 0 Å². The molecule has 0 bridgehead atoms. The summed E-state index contributed by atoms with van der Waals surface area (Å²) in [5.41, 5.74) is 2.66. The number of aliphatic hydroxyl groups excluding tert-OH is 1. The molecule has 90 valence electrons. The number of ether oxygens (including phenoxy) is 1. The second-order valence-electron chi connectivity index (χ2n) is 4.03. The Morgan fingerprint density at radius 3 is 2.71 bits per heavy atom. The Balaban J connectivity index is 2.60. The molecular formula is C13H16N2O2. The van der Waals surface area contributed by atoms with Gasteiger partial charge in [0, 0.05) is 11.8 Å². The van der Waals surface area contributed by atoms with Crippen molar-refractivity contribution in [3.05, 3.63) is 41.7 Å². The van der Waals surface area contributed by atoms with E-state index >= 15 is 0 Å². The number of methoxy groups -OCH3 is 1. The van der Waals surface area contributed by atoms with Gasteiger partial charge in [-0.1, -0.05) is 6.07 Å². The van der Waals surface area contributed by atoms with Crippen molar-refractivity contribution in [3.8, 4) is 11.4 Å². The number of aromatic nitrogens is 2. The third-order valence-corrected chi connectivity index (χ3v) is 2.64. The number of benzene rings is 1. The molecule has 0 amide bonds. The van der Waals surface area contributed by atoms with Crippen LogP contribution in [-0.2, 0) is 0 Å². The maximum Gasteiger partial charge on any atom is 0.126 e. The van der Waals surface area contributed by atoms with Crippen molar-refractivity contribution in [2.24, 2.45) is 0 Å². The second-order valence-corrected chi connectivity index (χ2v) is 4.03. The summed E-state index contributed by atoms with van der Waals surface area (Å²) in [6, 6.07) is 5.63. The van der Waals surface area contributed by atoms with E-state index in [2.05, 4.69) is 5.10 Å². The average Bonchev–Trinajstić information content (AvgIpc) is 2.74. The van der Waals surface area contributed by atoms with Gasteiger partial charge in [-0.15, -0.1) is 0 Å². The molecule has 0 saturated heterocycles. The molecule has 0 spiro atoms. The maximum absolute atomic E-state index is 9.86. The molecule has 0 fully saturated rings. The quantitative estimate of drug-likeness (QED) is 0.882. The summed E-state index contributed by atoms with van der Waals surface area (Å²) < 4.78 is 7.02. The molecule has 17 heavy (non-hydrogen) atoms. The molecule has 1 heterocycles.